The number of nitrogens with zero attached hydrogens (tertiary/aromatic N) is 1. The van der Waals surface area contributed by atoms with Crippen LogP contribution in [0.4, 0.5) is 15.8 Å². The van der Waals surface area contributed by atoms with E-state index in [0.717, 1.165) is 6.20 Å². The molecule has 0 aliphatic carbocycles. The lowest BCUT2D eigenvalue weighted by molar-refractivity contribution is 0.597. The van der Waals surface area contributed by atoms with E-state index in [1.165, 1.54) is 18.3 Å². The van der Waals surface area contributed by atoms with E-state index in [0.29, 0.717) is 11.3 Å². The first-order valence-corrected chi connectivity index (χ1v) is 6.87. The molecule has 0 spiro atoms. The molecule has 0 atom stereocenters. The third-order valence-corrected chi connectivity index (χ3v) is 4.03. The Labute approximate surface area is 110 Å². The van der Waals surface area contributed by atoms with Crippen molar-refractivity contribution in [1.29, 1.82) is 0 Å². The van der Waals surface area contributed by atoms with Crippen molar-refractivity contribution in [2.75, 3.05) is 10.5 Å². The molecule has 0 amide bonds. The molecule has 0 saturated carbocycles. The van der Waals surface area contributed by atoms with Gasteiger partial charge in [0.15, 0.2) is 5.82 Å². The molecule has 3 N–H and O–H groups in total. The number of sulfonamides is 1. The number of nitrogens with two attached hydrogens (primary N) is 1. The fourth-order valence-electron chi connectivity index (χ4n) is 1.56. The van der Waals surface area contributed by atoms with Crippen LogP contribution in [0.5, 0.6) is 0 Å². The van der Waals surface area contributed by atoms with E-state index in [-0.39, 0.29) is 10.6 Å². The Hall–Kier alpha value is -2.15. The summed E-state index contributed by atoms with van der Waals surface area (Å²) in [6.07, 6.45) is 2.23. The summed E-state index contributed by atoms with van der Waals surface area (Å²) in [5.41, 5.74) is 6.26. The third-order valence-electron chi connectivity index (χ3n) is 2.52. The first kappa shape index (κ1) is 13.3. The van der Waals surface area contributed by atoms with Crippen LogP contribution in [-0.2, 0) is 10.0 Å². The van der Waals surface area contributed by atoms with Gasteiger partial charge in [-0.15, -0.1) is 0 Å². The summed E-state index contributed by atoms with van der Waals surface area (Å²) in [7, 11) is -3.89. The summed E-state index contributed by atoms with van der Waals surface area (Å²) in [4.78, 5) is 3.57. The van der Waals surface area contributed by atoms with Crippen LogP contribution in [0.25, 0.3) is 0 Å². The largest absolute Gasteiger partial charge is 0.399 e. The number of halogens is 1. The fraction of sp³-hybridized carbons (Fsp3) is 0.0833. The Balaban J connectivity index is 2.44. The summed E-state index contributed by atoms with van der Waals surface area (Å²) in [5, 5.41) is 0. The molecule has 1 aromatic heterocycles. The second-order valence-electron chi connectivity index (χ2n) is 3.99. The number of nitrogen functional groups attached to an aromatic ring is 1. The van der Waals surface area contributed by atoms with Crippen LogP contribution in [0.1, 0.15) is 5.56 Å². The first-order chi connectivity index (χ1) is 8.90. The van der Waals surface area contributed by atoms with Gasteiger partial charge in [-0.1, -0.05) is 6.07 Å². The number of aromatic nitrogens is 1. The standard InChI is InChI=1S/C12H12FN3O2S/c1-8-2-3-9(14)6-12(8)19(17,18)16-11-4-5-15-7-10(11)13/h2-7H,14H2,1H3,(H,15,16). The number of pyridine rings is 1. The highest BCUT2D eigenvalue weighted by Crippen LogP contribution is 2.22. The van der Waals surface area contributed by atoms with Crippen LogP contribution in [0.15, 0.2) is 41.6 Å². The number of benzene rings is 1. The van der Waals surface area contributed by atoms with Gasteiger partial charge in [-0.05, 0) is 30.7 Å². The summed E-state index contributed by atoms with van der Waals surface area (Å²) >= 11 is 0. The number of rotatable bonds is 3. The minimum atomic E-state index is -3.89. The van der Waals surface area contributed by atoms with Gasteiger partial charge in [0.05, 0.1) is 16.8 Å². The Bertz CT molecular complexity index is 717. The predicted octanol–water partition coefficient (Wildman–Crippen LogP) is 1.91. The maximum Gasteiger partial charge on any atom is 0.262 e. The Morgan fingerprint density at radius 1 is 1.32 bits per heavy atom. The van der Waals surface area contributed by atoms with Gasteiger partial charge in [0.1, 0.15) is 0 Å². The minimum Gasteiger partial charge on any atom is -0.399 e. The zero-order chi connectivity index (χ0) is 14.0. The highest BCUT2D eigenvalue weighted by atomic mass is 32.2. The third kappa shape index (κ3) is 2.82. The number of hydrogen-bond donors (Lipinski definition) is 2. The molecule has 1 aromatic carbocycles. The van der Waals surface area contributed by atoms with E-state index in [1.54, 1.807) is 19.1 Å². The summed E-state index contributed by atoms with van der Waals surface area (Å²) < 4.78 is 39.9. The molecule has 100 valence electrons. The first-order valence-electron chi connectivity index (χ1n) is 5.38. The monoisotopic (exact) mass is 281 g/mol. The van der Waals surface area contributed by atoms with Crippen molar-refractivity contribution in [3.63, 3.8) is 0 Å². The van der Waals surface area contributed by atoms with Gasteiger partial charge in [0.25, 0.3) is 10.0 Å². The van der Waals surface area contributed by atoms with Gasteiger partial charge < -0.3 is 5.73 Å². The van der Waals surface area contributed by atoms with Crippen LogP contribution in [0.2, 0.25) is 0 Å². The van der Waals surface area contributed by atoms with Crippen molar-refractivity contribution in [3.8, 4) is 0 Å². The highest BCUT2D eigenvalue weighted by Gasteiger charge is 2.18. The molecule has 2 rings (SSSR count). The topological polar surface area (TPSA) is 85.1 Å². The average molecular weight is 281 g/mol. The summed E-state index contributed by atoms with van der Waals surface area (Å²) in [6, 6.07) is 5.76. The second kappa shape index (κ2) is 4.85. The number of anilines is 2. The van der Waals surface area contributed by atoms with Gasteiger partial charge in [0, 0.05) is 11.9 Å². The lowest BCUT2D eigenvalue weighted by Gasteiger charge is -2.11. The highest BCUT2D eigenvalue weighted by molar-refractivity contribution is 7.92. The van der Waals surface area contributed by atoms with E-state index < -0.39 is 15.8 Å². The van der Waals surface area contributed by atoms with Crippen LogP contribution in [0.3, 0.4) is 0 Å². The van der Waals surface area contributed by atoms with Gasteiger partial charge >= 0.3 is 0 Å². The number of nitrogens with one attached hydrogen (secondary N) is 1. The molecule has 0 unspecified atom stereocenters. The van der Waals surface area contributed by atoms with Crippen LogP contribution in [-0.4, -0.2) is 13.4 Å². The van der Waals surface area contributed by atoms with Crippen molar-refractivity contribution >= 4 is 21.4 Å². The van der Waals surface area contributed by atoms with Crippen LogP contribution >= 0.6 is 0 Å². The van der Waals surface area contributed by atoms with E-state index >= 15 is 0 Å². The van der Waals surface area contributed by atoms with Gasteiger partial charge in [-0.25, -0.2) is 12.8 Å². The Morgan fingerprint density at radius 3 is 2.74 bits per heavy atom. The molecule has 0 aliphatic heterocycles. The molecule has 2 aromatic rings. The normalized spacial score (nSPS) is 11.3. The molecule has 0 aliphatic rings. The maximum absolute atomic E-state index is 13.4. The van der Waals surface area contributed by atoms with Crippen molar-refractivity contribution < 1.29 is 12.8 Å². The van der Waals surface area contributed by atoms with Gasteiger partial charge in [-0.3, -0.25) is 9.71 Å². The SMILES string of the molecule is Cc1ccc(N)cc1S(=O)(=O)Nc1ccncc1F. The summed E-state index contributed by atoms with van der Waals surface area (Å²) in [6.45, 7) is 1.64. The van der Waals surface area contributed by atoms with Crippen LogP contribution < -0.4 is 10.5 Å². The zero-order valence-corrected chi connectivity index (χ0v) is 10.9. The molecule has 19 heavy (non-hydrogen) atoms. The minimum absolute atomic E-state index is 0.0173. The zero-order valence-electron chi connectivity index (χ0n) is 10.1. The van der Waals surface area contributed by atoms with E-state index in [4.69, 9.17) is 5.73 Å². The molecule has 0 bridgehead atoms. The molecule has 0 fully saturated rings. The second-order valence-corrected chi connectivity index (χ2v) is 5.64. The maximum atomic E-state index is 13.4. The average Bonchev–Trinajstić information content (AvgIpc) is 2.35. The van der Waals surface area contributed by atoms with E-state index in [9.17, 15) is 12.8 Å². The lowest BCUT2D eigenvalue weighted by atomic mass is 10.2. The Morgan fingerprint density at radius 2 is 2.05 bits per heavy atom. The van der Waals surface area contributed by atoms with E-state index in [1.807, 2.05) is 0 Å². The lowest BCUT2D eigenvalue weighted by Crippen LogP contribution is -2.15. The van der Waals surface area contributed by atoms with Crippen molar-refractivity contribution in [2.24, 2.45) is 0 Å². The molecular weight excluding hydrogens is 269 g/mol. The van der Waals surface area contributed by atoms with Crippen molar-refractivity contribution in [2.45, 2.75) is 11.8 Å². The van der Waals surface area contributed by atoms with Crippen molar-refractivity contribution in [3.05, 3.63) is 48.0 Å². The number of hydrogen-bond acceptors (Lipinski definition) is 4. The molecular formula is C12H12FN3O2S. The smallest absolute Gasteiger partial charge is 0.262 e. The predicted molar refractivity (Wildman–Crippen MR) is 70.6 cm³/mol. The van der Waals surface area contributed by atoms with Gasteiger partial charge in [-0.2, -0.15) is 0 Å². The van der Waals surface area contributed by atoms with E-state index in [2.05, 4.69) is 9.71 Å². The fourth-order valence-corrected chi connectivity index (χ4v) is 2.91. The summed E-state index contributed by atoms with van der Waals surface area (Å²) in [5.74, 6) is -0.743. The molecule has 5 nitrogen and oxygen atoms in total. The molecule has 1 heterocycles. The molecule has 0 saturated heterocycles. The van der Waals surface area contributed by atoms with Crippen molar-refractivity contribution in [1.82, 2.24) is 4.98 Å². The Kier molecular flexibility index (Phi) is 3.39. The van der Waals surface area contributed by atoms with Gasteiger partial charge in [0.2, 0.25) is 0 Å². The van der Waals surface area contributed by atoms with Crippen LogP contribution in [0, 0.1) is 12.7 Å². The molecule has 0 radical (unpaired) electrons. The molecule has 7 heteroatoms. The number of aryl methyl sites for hydroxylation is 1. The quantitative estimate of drug-likeness (QED) is 0.842.